The van der Waals surface area contributed by atoms with Gasteiger partial charge in [0.1, 0.15) is 28.2 Å². The highest BCUT2D eigenvalue weighted by Crippen LogP contribution is 2.47. The minimum Gasteiger partial charge on any atom is -0.201 e. The molecular formula is C104H120N4+4. The summed E-state index contributed by atoms with van der Waals surface area (Å²) in [7, 11) is 7.85. The second-order valence-electron chi connectivity index (χ2n) is 34.1. The third kappa shape index (κ3) is 15.2. The number of benzene rings is 8. The van der Waals surface area contributed by atoms with Gasteiger partial charge < -0.3 is 0 Å². The highest BCUT2D eigenvalue weighted by Gasteiger charge is 2.31. The average Bonchev–Trinajstić information content (AvgIpc) is 1.16. The van der Waals surface area contributed by atoms with Crippen molar-refractivity contribution in [1.82, 2.24) is 0 Å². The third-order valence-electron chi connectivity index (χ3n) is 22.8. The molecule has 4 aliphatic rings. The Bertz CT molecular complexity index is 6160. The second kappa shape index (κ2) is 29.7. The van der Waals surface area contributed by atoms with Gasteiger partial charge >= 0.3 is 0 Å². The molecule has 0 radical (unpaired) electrons. The van der Waals surface area contributed by atoms with Gasteiger partial charge in [0.25, 0.3) is 0 Å². The summed E-state index contributed by atoms with van der Waals surface area (Å²) in [5, 5.41) is 0. The number of aromatic nitrogens is 4. The fourth-order valence-electron chi connectivity index (χ4n) is 17.2. The second-order valence-corrected chi connectivity index (χ2v) is 34.1. The lowest BCUT2D eigenvalue weighted by atomic mass is 9.86. The van der Waals surface area contributed by atoms with Gasteiger partial charge in [-0.1, -0.05) is 189 Å². The van der Waals surface area contributed by atoms with Crippen LogP contribution in [0, 0.1) is 93.8 Å². The normalized spacial score (nSPS) is 15.0. The molecule has 0 atom stereocenters. The maximum atomic E-state index is 8.86. The van der Waals surface area contributed by atoms with Gasteiger partial charge in [0.15, 0.2) is 24.8 Å². The number of pyridine rings is 4. The SMILES string of the molecule is [2H]C(C)(C)c1c[n+](C)c(-c2ccc3c(c2C)Cc2cc(C)ccc2-3)cc1C.[2H]C([2H])([2H])c1c[n+](C)c(-c2ccc3c(c2C)Cc2cc(C)ccc2-3)cc1C([2H])(C)C.[2H]C([2H])([2H])c1c[n+](C)c(-c2ccc3c(c2C)Cc2cc(C)ccc2-3)cc1C([2H])([2H])C(C)(C)C.[2H]C([2H])(c1c[n+](C)c(-c2ccc3c(c2C)Cc2cc(C)ccc2-3)cc1C)C(C)(C)C. The largest absolute Gasteiger partial charge is 0.212 e. The highest BCUT2D eigenvalue weighted by atomic mass is 14.9. The van der Waals surface area contributed by atoms with E-state index in [1.165, 1.54) is 150 Å². The molecule has 108 heavy (non-hydrogen) atoms. The van der Waals surface area contributed by atoms with E-state index in [1.54, 1.807) is 32.3 Å². The van der Waals surface area contributed by atoms with Crippen LogP contribution < -0.4 is 18.3 Å². The number of hydrogen-bond donors (Lipinski definition) is 0. The van der Waals surface area contributed by atoms with Crippen molar-refractivity contribution in [3.8, 4) is 89.5 Å². The molecule has 4 nitrogen and oxygen atoms in total. The predicted molar refractivity (Wildman–Crippen MR) is 457 cm³/mol. The van der Waals surface area contributed by atoms with Crippen LogP contribution in [0.2, 0.25) is 0 Å². The Kier molecular flexibility index (Phi) is 17.1. The lowest BCUT2D eigenvalue weighted by Gasteiger charge is -2.20. The molecule has 12 aromatic rings. The van der Waals surface area contributed by atoms with E-state index in [0.717, 1.165) is 76.1 Å². The first-order valence-electron chi connectivity index (χ1n) is 44.6. The molecule has 0 spiro atoms. The lowest BCUT2D eigenvalue weighted by molar-refractivity contribution is -0.661. The van der Waals surface area contributed by atoms with E-state index in [2.05, 4.69) is 218 Å². The van der Waals surface area contributed by atoms with Crippen LogP contribution in [0.3, 0.4) is 0 Å². The van der Waals surface area contributed by atoms with Crippen molar-refractivity contribution in [1.29, 1.82) is 0 Å². The van der Waals surface area contributed by atoms with Crippen LogP contribution in [-0.4, -0.2) is 0 Å². The summed E-state index contributed by atoms with van der Waals surface area (Å²) < 4.78 is 108. The molecule has 4 aromatic heterocycles. The van der Waals surface area contributed by atoms with Gasteiger partial charge in [-0.15, -0.1) is 0 Å². The average molecular weight is 1440 g/mol. The molecule has 4 heteroatoms. The monoisotopic (exact) mass is 1440 g/mol. The summed E-state index contributed by atoms with van der Waals surface area (Å²) in [6.45, 7) is 35.5. The van der Waals surface area contributed by atoms with Crippen molar-refractivity contribution in [2.24, 2.45) is 39.0 Å². The molecule has 4 heterocycles. The molecule has 0 saturated heterocycles. The molecule has 16 rings (SSSR count). The summed E-state index contributed by atoms with van der Waals surface area (Å²) in [5.41, 5.74) is 44.5. The van der Waals surface area contributed by atoms with Crippen molar-refractivity contribution in [3.05, 3.63) is 304 Å². The summed E-state index contributed by atoms with van der Waals surface area (Å²) in [5.74, 6) is -1.60. The van der Waals surface area contributed by atoms with Gasteiger partial charge in [-0.3, -0.25) is 0 Å². The van der Waals surface area contributed by atoms with E-state index in [1.807, 2.05) is 105 Å². The Morgan fingerprint density at radius 1 is 0.315 bits per heavy atom. The minimum absolute atomic E-state index is 0.0652. The van der Waals surface area contributed by atoms with E-state index < -0.39 is 49.1 Å². The molecule has 0 amide bonds. The molecule has 8 aromatic carbocycles. The van der Waals surface area contributed by atoms with E-state index >= 15 is 0 Å². The van der Waals surface area contributed by atoms with Crippen LogP contribution in [0.15, 0.2) is 170 Å². The molecule has 0 unspecified atom stereocenters. The maximum Gasteiger partial charge on any atom is 0.212 e. The fraction of sp³-hybridized carbons (Fsp3) is 0.346. The zero-order chi connectivity index (χ0) is 88.0. The Morgan fingerprint density at radius 2 is 0.602 bits per heavy atom. The standard InChI is InChI=1S/2C27H32N.2C25H28N/c1-17-8-9-23-20(12-17)13-25-19(3)22(10-11-24(23)25)26-14-21(15-27(4,5)6)18(2)16-28(26)7;1-17-8-9-23-20(12-17)14-25-19(3)22(10-11-24(23)25)26-13-18(2)21(16-28(26)7)15-27(4,5)6;1-15(2)23-13-25(26(6)14-17(23)4)20-9-10-22-21-8-7-16(3)11-19(21)12-24(22)18(20)5;1-15(2)24-14-26(6)25(12-17(24)4)20-9-10-22-21-8-7-16(3)11-19(21)13-23(22)18(20)5/h8-12,14,16H,13,15H2,1-7H3;8-13,16H,14-15H2,1-7H3;7-11,13-15H,12H2,1-6H3;7-12,14-15H,13H2,1-6H3/q4*+1/i2D3,15D2;15D2;4D3,15D;15D. The Labute approximate surface area is 666 Å². The van der Waals surface area contributed by atoms with Crippen LogP contribution in [0.25, 0.3) is 89.5 Å². The highest BCUT2D eigenvalue weighted by molar-refractivity contribution is 5.86. The van der Waals surface area contributed by atoms with Crippen molar-refractivity contribution < 1.29 is 34.7 Å². The quantitative estimate of drug-likeness (QED) is 0.135. The molecule has 0 saturated carbocycles. The Hall–Kier alpha value is -9.64. The maximum absolute atomic E-state index is 8.86. The topological polar surface area (TPSA) is 15.5 Å². The summed E-state index contributed by atoms with van der Waals surface area (Å²) >= 11 is 0. The van der Waals surface area contributed by atoms with E-state index in [9.17, 15) is 0 Å². The molecule has 0 fully saturated rings. The lowest BCUT2D eigenvalue weighted by Crippen LogP contribution is -2.32. The van der Waals surface area contributed by atoms with Crippen molar-refractivity contribution in [2.45, 2.75) is 202 Å². The van der Waals surface area contributed by atoms with Crippen molar-refractivity contribution in [2.75, 3.05) is 0 Å². The first-order chi connectivity index (χ1) is 55.6. The minimum atomic E-state index is -2.41. The smallest absolute Gasteiger partial charge is 0.201 e. The van der Waals surface area contributed by atoms with Crippen LogP contribution in [0.5, 0.6) is 0 Å². The molecule has 0 N–H and O–H groups in total. The van der Waals surface area contributed by atoms with Gasteiger partial charge in [0.2, 0.25) is 22.8 Å². The summed E-state index contributed by atoms with van der Waals surface area (Å²) in [4.78, 5) is 0. The third-order valence-corrected chi connectivity index (χ3v) is 22.8. The zero-order valence-electron chi connectivity index (χ0n) is 80.8. The number of hydrogen-bond acceptors (Lipinski definition) is 0. The van der Waals surface area contributed by atoms with E-state index in [-0.39, 0.29) is 16.7 Å². The number of nitrogens with zero attached hydrogens (tertiary/aromatic N) is 4. The predicted octanol–water partition coefficient (Wildman–Crippen LogP) is 24.1. The van der Waals surface area contributed by atoms with E-state index in [4.69, 9.17) is 16.4 Å². The first kappa shape index (κ1) is 62.3. The first-order valence-corrected chi connectivity index (χ1v) is 38.6. The van der Waals surface area contributed by atoms with Crippen LogP contribution >= 0.6 is 0 Å². The van der Waals surface area contributed by atoms with E-state index in [0.29, 0.717) is 5.56 Å². The Balaban J connectivity index is 0.000000139. The number of aryl methyl sites for hydroxylation is 12. The van der Waals surface area contributed by atoms with Crippen molar-refractivity contribution >= 4 is 0 Å². The molecule has 0 bridgehead atoms. The molecule has 552 valence electrons. The van der Waals surface area contributed by atoms with Crippen molar-refractivity contribution in [3.63, 3.8) is 0 Å². The van der Waals surface area contributed by atoms with Gasteiger partial charge in [-0.25, -0.2) is 18.3 Å². The fourth-order valence-corrected chi connectivity index (χ4v) is 17.2. The summed E-state index contributed by atoms with van der Waals surface area (Å²) in [6.07, 6.45) is 7.95. The number of rotatable bonds is 8. The van der Waals surface area contributed by atoms with Gasteiger partial charge in [-0.2, -0.15) is 0 Å². The molecule has 0 aliphatic heterocycles. The van der Waals surface area contributed by atoms with Crippen LogP contribution in [0.4, 0.5) is 0 Å². The van der Waals surface area contributed by atoms with Gasteiger partial charge in [-0.05, 0) is 302 Å². The van der Waals surface area contributed by atoms with Gasteiger partial charge in [0, 0.05) is 85.2 Å². The molecule has 4 aliphatic carbocycles. The van der Waals surface area contributed by atoms with Crippen LogP contribution in [0.1, 0.15) is 231 Å². The molecular weight excluding hydrogens is 1310 g/mol. The zero-order valence-corrected chi connectivity index (χ0v) is 68.8. The van der Waals surface area contributed by atoms with Crippen LogP contribution in [-0.2, 0) is 66.6 Å². The van der Waals surface area contributed by atoms with Gasteiger partial charge in [0.05, 0.1) is 0 Å². The number of fused-ring (bicyclic) bond motifs is 12. The summed E-state index contributed by atoms with van der Waals surface area (Å²) in [6, 6.07) is 52.4. The Morgan fingerprint density at radius 3 is 0.944 bits per heavy atom.